The molecule has 4 aliphatic rings. The van der Waals surface area contributed by atoms with Crippen LogP contribution >= 0.6 is 0 Å². The second-order valence-electron chi connectivity index (χ2n) is 21.5. The van der Waals surface area contributed by atoms with Gasteiger partial charge in [0.05, 0.1) is 5.69 Å². The Hall–Kier alpha value is -5.80. The summed E-state index contributed by atoms with van der Waals surface area (Å²) >= 11 is 0. The number of aryl methyl sites for hydroxylation is 2. The molecule has 0 aromatic heterocycles. The van der Waals surface area contributed by atoms with Crippen LogP contribution in [0.15, 0.2) is 133 Å². The van der Waals surface area contributed by atoms with Crippen molar-refractivity contribution in [1.82, 2.24) is 0 Å². The maximum atomic E-state index is 2.70. The molecule has 0 saturated heterocycles. The molecule has 0 N–H and O–H groups in total. The van der Waals surface area contributed by atoms with Gasteiger partial charge in [-0.15, -0.1) is 0 Å². The Morgan fingerprint density at radius 3 is 1.84 bits per heavy atom. The average Bonchev–Trinajstić information content (AvgIpc) is 3.57. The minimum Gasteiger partial charge on any atom is -0.311 e. The van der Waals surface area contributed by atoms with Gasteiger partial charge >= 0.3 is 0 Å². The van der Waals surface area contributed by atoms with Gasteiger partial charge < -0.3 is 9.80 Å². The van der Waals surface area contributed by atoms with Crippen LogP contribution in [0.4, 0.5) is 34.1 Å². The third kappa shape index (κ3) is 5.41. The van der Waals surface area contributed by atoms with Crippen LogP contribution < -0.4 is 26.2 Å². The standard InChI is InChI=1S/C58H57BN2/c1-35-28-51-54-52(29-35)61(48-23-17-21-41-40-20-15-16-22-42(40)58(10,11)53(41)48)50-33-44-43(56(6,7)34-57(44,8)9)32-46(50)59(54)45-26-24-38(37-18-13-12-14-19-37)31-49(45)60(51)47-27-25-39(30-36(47)2)55(3,4)5/h12-33H,34H2,1-11H3. The van der Waals surface area contributed by atoms with Gasteiger partial charge in [0.2, 0.25) is 0 Å². The molecule has 0 bridgehead atoms. The first-order chi connectivity index (χ1) is 29.0. The normalized spacial score (nSPS) is 17.0. The van der Waals surface area contributed by atoms with Crippen molar-refractivity contribution in [2.75, 3.05) is 9.80 Å². The highest BCUT2D eigenvalue weighted by molar-refractivity contribution is 7.00. The first-order valence-corrected chi connectivity index (χ1v) is 22.4. The summed E-state index contributed by atoms with van der Waals surface area (Å²) in [5.74, 6) is 0. The zero-order valence-corrected chi connectivity index (χ0v) is 37.9. The molecule has 0 fully saturated rings. The van der Waals surface area contributed by atoms with Gasteiger partial charge in [-0.05, 0) is 150 Å². The highest BCUT2D eigenvalue weighted by atomic mass is 15.2. The van der Waals surface area contributed by atoms with Gasteiger partial charge in [0.15, 0.2) is 0 Å². The number of hydrogen-bond donors (Lipinski definition) is 0. The van der Waals surface area contributed by atoms with E-state index >= 15 is 0 Å². The van der Waals surface area contributed by atoms with Crippen LogP contribution in [0.3, 0.4) is 0 Å². The fourth-order valence-electron chi connectivity index (χ4n) is 12.3. The number of nitrogens with zero attached hydrogens (tertiary/aromatic N) is 2. The van der Waals surface area contributed by atoms with Crippen LogP contribution in [0.5, 0.6) is 0 Å². The van der Waals surface area contributed by atoms with Crippen molar-refractivity contribution in [3.8, 4) is 22.3 Å². The van der Waals surface area contributed by atoms with Crippen molar-refractivity contribution in [2.45, 2.75) is 104 Å². The Bertz CT molecular complexity index is 3000. The lowest BCUT2D eigenvalue weighted by Gasteiger charge is -2.46. The molecule has 0 amide bonds. The van der Waals surface area contributed by atoms with Gasteiger partial charge in [-0.3, -0.25) is 0 Å². The Balaban J connectivity index is 1.26. The molecule has 0 radical (unpaired) electrons. The molecular weight excluding hydrogens is 735 g/mol. The summed E-state index contributed by atoms with van der Waals surface area (Å²) < 4.78 is 0. The van der Waals surface area contributed by atoms with Gasteiger partial charge in [0, 0.05) is 33.9 Å². The topological polar surface area (TPSA) is 6.48 Å². The molecule has 0 unspecified atom stereocenters. The lowest BCUT2D eigenvalue weighted by molar-refractivity contribution is 0.403. The number of benzene rings is 7. The summed E-state index contributed by atoms with van der Waals surface area (Å²) in [6, 6.07) is 51.8. The van der Waals surface area contributed by atoms with Crippen LogP contribution in [0, 0.1) is 13.8 Å². The van der Waals surface area contributed by atoms with Crippen LogP contribution in [0.2, 0.25) is 0 Å². The maximum Gasteiger partial charge on any atom is 0.252 e. The maximum absolute atomic E-state index is 2.70. The second kappa shape index (κ2) is 12.6. The van der Waals surface area contributed by atoms with E-state index in [1.807, 2.05) is 0 Å². The Labute approximate surface area is 364 Å². The minimum absolute atomic E-state index is 0.0490. The van der Waals surface area contributed by atoms with Crippen LogP contribution in [-0.2, 0) is 21.7 Å². The van der Waals surface area contributed by atoms with Crippen molar-refractivity contribution in [2.24, 2.45) is 0 Å². The summed E-state index contributed by atoms with van der Waals surface area (Å²) in [7, 11) is 0. The summed E-state index contributed by atoms with van der Waals surface area (Å²) in [5.41, 5.74) is 26.6. The van der Waals surface area contributed by atoms with Gasteiger partial charge in [0.25, 0.3) is 6.71 Å². The molecule has 2 heterocycles. The average molecular weight is 793 g/mol. The zero-order valence-electron chi connectivity index (χ0n) is 37.9. The van der Waals surface area contributed by atoms with E-state index in [-0.39, 0.29) is 28.4 Å². The molecule has 2 nitrogen and oxygen atoms in total. The summed E-state index contributed by atoms with van der Waals surface area (Å²) in [5, 5.41) is 0. The predicted molar refractivity (Wildman–Crippen MR) is 262 cm³/mol. The molecular formula is C58H57BN2. The molecule has 2 aliphatic heterocycles. The second-order valence-corrected chi connectivity index (χ2v) is 21.5. The van der Waals surface area contributed by atoms with Gasteiger partial charge in [-0.1, -0.05) is 159 Å². The lowest BCUT2D eigenvalue weighted by atomic mass is 9.33. The van der Waals surface area contributed by atoms with Crippen LogP contribution in [0.1, 0.15) is 108 Å². The molecule has 3 heteroatoms. The minimum atomic E-state index is -0.181. The smallest absolute Gasteiger partial charge is 0.252 e. The van der Waals surface area contributed by atoms with E-state index in [0.29, 0.717) is 0 Å². The predicted octanol–water partition coefficient (Wildman–Crippen LogP) is 13.6. The molecule has 7 aromatic rings. The van der Waals surface area contributed by atoms with Crippen LogP contribution in [-0.4, -0.2) is 6.71 Å². The first-order valence-electron chi connectivity index (χ1n) is 22.4. The summed E-state index contributed by atoms with van der Waals surface area (Å²) in [4.78, 5) is 5.31. The Kier molecular flexibility index (Phi) is 7.90. The van der Waals surface area contributed by atoms with E-state index in [2.05, 4.69) is 219 Å². The van der Waals surface area contributed by atoms with E-state index < -0.39 is 0 Å². The molecule has 61 heavy (non-hydrogen) atoms. The molecule has 0 atom stereocenters. The van der Waals surface area contributed by atoms with Crippen molar-refractivity contribution >= 4 is 57.2 Å². The van der Waals surface area contributed by atoms with Crippen molar-refractivity contribution in [1.29, 1.82) is 0 Å². The highest BCUT2D eigenvalue weighted by Crippen LogP contribution is 2.57. The summed E-state index contributed by atoms with van der Waals surface area (Å²) in [6.45, 7) is 26.3. The monoisotopic (exact) mass is 792 g/mol. The summed E-state index contributed by atoms with van der Waals surface area (Å²) in [6.07, 6.45) is 1.12. The molecule has 302 valence electrons. The van der Waals surface area contributed by atoms with E-state index in [1.165, 1.54) is 112 Å². The van der Waals surface area contributed by atoms with Gasteiger partial charge in [-0.25, -0.2) is 0 Å². The fourth-order valence-corrected chi connectivity index (χ4v) is 12.3. The number of hydrogen-bond acceptors (Lipinski definition) is 2. The molecule has 0 saturated carbocycles. The van der Waals surface area contributed by atoms with E-state index in [9.17, 15) is 0 Å². The van der Waals surface area contributed by atoms with Crippen LogP contribution in [0.25, 0.3) is 22.3 Å². The number of anilines is 6. The number of rotatable bonds is 3. The van der Waals surface area contributed by atoms with Gasteiger partial charge in [-0.2, -0.15) is 0 Å². The van der Waals surface area contributed by atoms with Crippen molar-refractivity contribution in [3.63, 3.8) is 0 Å². The van der Waals surface area contributed by atoms with Crippen molar-refractivity contribution in [3.05, 3.63) is 172 Å². The van der Waals surface area contributed by atoms with E-state index in [1.54, 1.807) is 0 Å². The Morgan fingerprint density at radius 2 is 1.13 bits per heavy atom. The highest BCUT2D eigenvalue weighted by Gasteiger charge is 2.49. The molecule has 11 rings (SSSR count). The third-order valence-corrected chi connectivity index (χ3v) is 14.9. The number of fused-ring (bicyclic) bond motifs is 8. The zero-order chi connectivity index (χ0) is 42.5. The quantitative estimate of drug-likeness (QED) is 0.164. The molecule has 2 aliphatic carbocycles. The fraction of sp³-hybridized carbons (Fsp3) is 0.276. The van der Waals surface area contributed by atoms with Gasteiger partial charge in [0.1, 0.15) is 0 Å². The molecule has 0 spiro atoms. The SMILES string of the molecule is Cc1cc2c3c(c1)N(c1cccc4c1C(C)(C)c1ccccc1-4)c1cc4c(cc1B3c1ccc(-c3ccccc3)cc1N2c1ccc(C(C)(C)C)cc1C)C(C)(C)CC4(C)C. The van der Waals surface area contributed by atoms with Crippen molar-refractivity contribution < 1.29 is 0 Å². The largest absolute Gasteiger partial charge is 0.311 e. The molecule has 7 aromatic carbocycles. The Morgan fingerprint density at radius 1 is 0.492 bits per heavy atom. The first kappa shape index (κ1) is 38.2. The lowest BCUT2D eigenvalue weighted by Crippen LogP contribution is -2.61. The third-order valence-electron chi connectivity index (χ3n) is 14.9. The van der Waals surface area contributed by atoms with E-state index in [4.69, 9.17) is 0 Å². The van der Waals surface area contributed by atoms with E-state index in [0.717, 1.165) is 6.42 Å².